The molecule has 0 fully saturated rings. The van der Waals surface area contributed by atoms with Gasteiger partial charge in [-0.3, -0.25) is 0 Å². The van der Waals surface area contributed by atoms with Crippen LogP contribution in [0.4, 0.5) is 4.39 Å². The number of hydrogen-bond acceptors (Lipinski definition) is 3. The second-order valence-electron chi connectivity index (χ2n) is 5.13. The van der Waals surface area contributed by atoms with E-state index in [1.165, 1.54) is 6.07 Å². The van der Waals surface area contributed by atoms with E-state index in [2.05, 4.69) is 5.32 Å². The number of halogens is 1. The van der Waals surface area contributed by atoms with E-state index in [-0.39, 0.29) is 11.9 Å². The average Bonchev–Trinajstić information content (AvgIpc) is 2.50. The van der Waals surface area contributed by atoms with Crippen molar-refractivity contribution >= 4 is 0 Å². The first-order valence-electron chi connectivity index (χ1n) is 7.02. The molecule has 1 atom stereocenters. The van der Waals surface area contributed by atoms with Crippen LogP contribution in [0.3, 0.4) is 0 Å². The minimum atomic E-state index is -0.215. The van der Waals surface area contributed by atoms with Gasteiger partial charge in [0.1, 0.15) is 19.0 Å². The SMILES string of the molecule is CNC(c1ccc2c(c1)OCCO2)c1ccc(F)cc1C. The van der Waals surface area contributed by atoms with E-state index in [0.717, 1.165) is 28.2 Å². The fourth-order valence-corrected chi connectivity index (χ4v) is 2.70. The third-order valence-electron chi connectivity index (χ3n) is 3.73. The lowest BCUT2D eigenvalue weighted by atomic mass is 9.94. The Bertz CT molecular complexity index is 657. The van der Waals surface area contributed by atoms with Gasteiger partial charge in [-0.25, -0.2) is 4.39 Å². The van der Waals surface area contributed by atoms with Crippen LogP contribution in [0.2, 0.25) is 0 Å². The Balaban J connectivity index is 1.99. The van der Waals surface area contributed by atoms with Gasteiger partial charge in [0.2, 0.25) is 0 Å². The zero-order valence-electron chi connectivity index (χ0n) is 12.2. The van der Waals surface area contributed by atoms with Crippen LogP contribution in [0.5, 0.6) is 11.5 Å². The van der Waals surface area contributed by atoms with Crippen LogP contribution >= 0.6 is 0 Å². The topological polar surface area (TPSA) is 30.5 Å². The molecule has 0 amide bonds. The van der Waals surface area contributed by atoms with Crippen molar-refractivity contribution in [2.45, 2.75) is 13.0 Å². The molecule has 0 saturated carbocycles. The van der Waals surface area contributed by atoms with E-state index in [4.69, 9.17) is 9.47 Å². The fourth-order valence-electron chi connectivity index (χ4n) is 2.70. The lowest BCUT2D eigenvalue weighted by molar-refractivity contribution is 0.171. The molecule has 1 unspecified atom stereocenters. The Hall–Kier alpha value is -2.07. The zero-order valence-corrected chi connectivity index (χ0v) is 12.2. The molecule has 1 aliphatic rings. The van der Waals surface area contributed by atoms with Crippen molar-refractivity contribution < 1.29 is 13.9 Å². The Labute approximate surface area is 123 Å². The molecular formula is C17H18FNO2. The standard InChI is InChI=1S/C17H18FNO2/c1-11-9-13(18)4-5-14(11)17(19-2)12-3-6-15-16(10-12)21-8-7-20-15/h3-6,9-10,17,19H,7-8H2,1-2H3. The molecule has 1 heterocycles. The first-order valence-corrected chi connectivity index (χ1v) is 7.02. The molecule has 0 aromatic heterocycles. The summed E-state index contributed by atoms with van der Waals surface area (Å²) >= 11 is 0. The highest BCUT2D eigenvalue weighted by molar-refractivity contribution is 5.47. The normalized spacial score (nSPS) is 14.8. The Morgan fingerprint density at radius 3 is 2.52 bits per heavy atom. The molecule has 1 aliphatic heterocycles. The van der Waals surface area contributed by atoms with Gasteiger partial charge >= 0.3 is 0 Å². The Morgan fingerprint density at radius 2 is 1.81 bits per heavy atom. The van der Waals surface area contributed by atoms with Gasteiger partial charge in [0.05, 0.1) is 6.04 Å². The second-order valence-corrected chi connectivity index (χ2v) is 5.13. The molecule has 4 heteroatoms. The van der Waals surface area contributed by atoms with Gasteiger partial charge in [-0.2, -0.15) is 0 Å². The van der Waals surface area contributed by atoms with Crippen LogP contribution in [-0.4, -0.2) is 20.3 Å². The first-order chi connectivity index (χ1) is 10.2. The maximum Gasteiger partial charge on any atom is 0.161 e. The monoisotopic (exact) mass is 287 g/mol. The van der Waals surface area contributed by atoms with Crippen LogP contribution in [0.1, 0.15) is 22.7 Å². The van der Waals surface area contributed by atoms with Crippen molar-refractivity contribution in [1.29, 1.82) is 0 Å². The minimum Gasteiger partial charge on any atom is -0.486 e. The number of benzene rings is 2. The number of hydrogen-bond donors (Lipinski definition) is 1. The van der Waals surface area contributed by atoms with Crippen molar-refractivity contribution in [2.75, 3.05) is 20.3 Å². The lowest BCUT2D eigenvalue weighted by Crippen LogP contribution is -2.20. The third kappa shape index (κ3) is 2.72. The fraction of sp³-hybridized carbons (Fsp3) is 0.294. The van der Waals surface area contributed by atoms with Gasteiger partial charge < -0.3 is 14.8 Å². The van der Waals surface area contributed by atoms with Crippen molar-refractivity contribution in [3.05, 3.63) is 58.9 Å². The second kappa shape index (κ2) is 5.74. The molecule has 2 aromatic carbocycles. The molecule has 21 heavy (non-hydrogen) atoms. The van der Waals surface area contributed by atoms with Crippen LogP contribution in [0.25, 0.3) is 0 Å². The van der Waals surface area contributed by atoms with Gasteiger partial charge in [-0.1, -0.05) is 12.1 Å². The van der Waals surface area contributed by atoms with E-state index < -0.39 is 0 Å². The summed E-state index contributed by atoms with van der Waals surface area (Å²) in [6.45, 7) is 3.07. The number of nitrogens with one attached hydrogen (secondary N) is 1. The van der Waals surface area contributed by atoms with E-state index in [1.807, 2.05) is 38.2 Å². The quantitative estimate of drug-likeness (QED) is 0.940. The average molecular weight is 287 g/mol. The number of aryl methyl sites for hydroxylation is 1. The molecule has 0 aliphatic carbocycles. The first kappa shape index (κ1) is 13.9. The highest BCUT2D eigenvalue weighted by atomic mass is 19.1. The number of ether oxygens (including phenoxy) is 2. The summed E-state index contributed by atoms with van der Waals surface area (Å²) in [4.78, 5) is 0. The zero-order chi connectivity index (χ0) is 14.8. The third-order valence-corrected chi connectivity index (χ3v) is 3.73. The van der Waals surface area contributed by atoms with Gasteiger partial charge in [-0.05, 0) is 54.9 Å². The summed E-state index contributed by atoms with van der Waals surface area (Å²) in [5.74, 6) is 1.32. The molecule has 0 saturated heterocycles. The summed E-state index contributed by atoms with van der Waals surface area (Å²) in [7, 11) is 1.89. The number of fused-ring (bicyclic) bond motifs is 1. The highest BCUT2D eigenvalue weighted by Crippen LogP contribution is 2.34. The summed E-state index contributed by atoms with van der Waals surface area (Å²) in [6, 6.07) is 10.8. The van der Waals surface area contributed by atoms with Gasteiger partial charge in [0.25, 0.3) is 0 Å². The van der Waals surface area contributed by atoms with Crippen molar-refractivity contribution in [3.63, 3.8) is 0 Å². The molecule has 3 rings (SSSR count). The van der Waals surface area contributed by atoms with Crippen LogP contribution < -0.4 is 14.8 Å². The highest BCUT2D eigenvalue weighted by Gasteiger charge is 2.18. The minimum absolute atomic E-state index is 0.0126. The maximum absolute atomic E-state index is 13.3. The molecule has 110 valence electrons. The van der Waals surface area contributed by atoms with Crippen molar-refractivity contribution in [1.82, 2.24) is 5.32 Å². The van der Waals surface area contributed by atoms with E-state index in [9.17, 15) is 4.39 Å². The van der Waals surface area contributed by atoms with E-state index in [1.54, 1.807) is 6.07 Å². The van der Waals surface area contributed by atoms with Gasteiger partial charge in [0.15, 0.2) is 11.5 Å². The molecule has 3 nitrogen and oxygen atoms in total. The Morgan fingerprint density at radius 1 is 1.05 bits per heavy atom. The molecule has 0 bridgehead atoms. The van der Waals surface area contributed by atoms with Gasteiger partial charge in [-0.15, -0.1) is 0 Å². The summed E-state index contributed by atoms with van der Waals surface area (Å²) in [6.07, 6.45) is 0. The molecule has 0 radical (unpaired) electrons. The molecular weight excluding hydrogens is 269 g/mol. The van der Waals surface area contributed by atoms with E-state index in [0.29, 0.717) is 13.2 Å². The predicted molar refractivity (Wildman–Crippen MR) is 79.5 cm³/mol. The van der Waals surface area contributed by atoms with Crippen LogP contribution in [0.15, 0.2) is 36.4 Å². The largest absolute Gasteiger partial charge is 0.486 e. The lowest BCUT2D eigenvalue weighted by Gasteiger charge is -2.23. The van der Waals surface area contributed by atoms with Crippen molar-refractivity contribution in [2.24, 2.45) is 0 Å². The smallest absolute Gasteiger partial charge is 0.161 e. The predicted octanol–water partition coefficient (Wildman–Crippen LogP) is 3.21. The van der Waals surface area contributed by atoms with Gasteiger partial charge in [0, 0.05) is 0 Å². The molecule has 0 spiro atoms. The Kier molecular flexibility index (Phi) is 3.80. The molecule has 2 aromatic rings. The maximum atomic E-state index is 13.3. The van der Waals surface area contributed by atoms with Crippen LogP contribution in [0, 0.1) is 12.7 Å². The van der Waals surface area contributed by atoms with Crippen LogP contribution in [-0.2, 0) is 0 Å². The summed E-state index contributed by atoms with van der Waals surface area (Å²) in [5, 5.41) is 3.28. The summed E-state index contributed by atoms with van der Waals surface area (Å²) in [5.41, 5.74) is 3.04. The van der Waals surface area contributed by atoms with E-state index >= 15 is 0 Å². The summed E-state index contributed by atoms with van der Waals surface area (Å²) < 4.78 is 24.5. The number of rotatable bonds is 3. The van der Waals surface area contributed by atoms with Crippen molar-refractivity contribution in [3.8, 4) is 11.5 Å². The molecule has 1 N–H and O–H groups in total.